The molecule has 0 fully saturated rings. The molecule has 0 aliphatic rings. The smallest absolute Gasteiger partial charge is 0.321 e. The SMILES string of the molecule is CNC(=O)NC(=O)[C@@H](OC(=O)Cc1cccc(OC)c1)c1ccccc1. The standard InChI is InChI=1S/C19H20N2O5/c1-20-19(24)21-18(23)17(14-8-4-3-5-9-14)26-16(22)12-13-7-6-10-15(11-13)25-2/h3-11,17H,12H2,1-2H3,(H2,20,21,23,24)/t17-/m0/s1. The summed E-state index contributed by atoms with van der Waals surface area (Å²) in [6, 6.07) is 14.8. The molecule has 0 saturated heterocycles. The number of hydrogen-bond donors (Lipinski definition) is 2. The molecule has 2 N–H and O–H groups in total. The highest BCUT2D eigenvalue weighted by molar-refractivity contribution is 5.97. The van der Waals surface area contributed by atoms with Crippen molar-refractivity contribution in [3.05, 3.63) is 65.7 Å². The number of benzene rings is 2. The summed E-state index contributed by atoms with van der Waals surface area (Å²) >= 11 is 0. The average Bonchev–Trinajstić information content (AvgIpc) is 2.66. The van der Waals surface area contributed by atoms with Crippen LogP contribution in [-0.2, 0) is 20.7 Å². The van der Waals surface area contributed by atoms with Crippen LogP contribution >= 0.6 is 0 Å². The fraction of sp³-hybridized carbons (Fsp3) is 0.211. The first-order valence-corrected chi connectivity index (χ1v) is 7.93. The second kappa shape index (κ2) is 9.22. The quantitative estimate of drug-likeness (QED) is 0.772. The van der Waals surface area contributed by atoms with Gasteiger partial charge in [-0.05, 0) is 17.7 Å². The van der Waals surface area contributed by atoms with E-state index in [1.807, 2.05) is 0 Å². The Morgan fingerprint density at radius 2 is 1.77 bits per heavy atom. The lowest BCUT2D eigenvalue weighted by atomic mass is 10.1. The number of esters is 1. The number of amides is 3. The number of rotatable bonds is 6. The van der Waals surface area contributed by atoms with Gasteiger partial charge in [-0.2, -0.15) is 0 Å². The van der Waals surface area contributed by atoms with Crippen molar-refractivity contribution >= 4 is 17.9 Å². The third-order valence-corrected chi connectivity index (χ3v) is 3.54. The minimum atomic E-state index is -1.23. The van der Waals surface area contributed by atoms with Gasteiger partial charge in [-0.25, -0.2) is 4.79 Å². The number of urea groups is 1. The Hall–Kier alpha value is -3.35. The fourth-order valence-corrected chi connectivity index (χ4v) is 2.26. The molecule has 0 bridgehead atoms. The van der Waals surface area contributed by atoms with E-state index in [1.54, 1.807) is 54.6 Å². The first-order chi connectivity index (χ1) is 12.5. The average molecular weight is 356 g/mol. The lowest BCUT2D eigenvalue weighted by Gasteiger charge is -2.17. The molecule has 0 unspecified atom stereocenters. The molecule has 0 aromatic heterocycles. The maximum Gasteiger partial charge on any atom is 0.321 e. The van der Waals surface area contributed by atoms with Gasteiger partial charge in [0.1, 0.15) is 5.75 Å². The van der Waals surface area contributed by atoms with Crippen molar-refractivity contribution in [1.82, 2.24) is 10.6 Å². The van der Waals surface area contributed by atoms with Crippen LogP contribution in [0.5, 0.6) is 5.75 Å². The van der Waals surface area contributed by atoms with Crippen molar-refractivity contribution in [2.45, 2.75) is 12.5 Å². The molecule has 2 aromatic rings. The van der Waals surface area contributed by atoms with Crippen LogP contribution in [-0.4, -0.2) is 32.1 Å². The summed E-state index contributed by atoms with van der Waals surface area (Å²) in [6.45, 7) is 0. The van der Waals surface area contributed by atoms with Crippen molar-refractivity contribution in [3.8, 4) is 5.75 Å². The first kappa shape index (κ1) is 19.0. The molecule has 0 heterocycles. The highest BCUT2D eigenvalue weighted by Crippen LogP contribution is 2.19. The van der Waals surface area contributed by atoms with Crippen molar-refractivity contribution in [1.29, 1.82) is 0 Å². The third kappa shape index (κ3) is 5.34. The van der Waals surface area contributed by atoms with E-state index in [2.05, 4.69) is 10.6 Å². The minimum Gasteiger partial charge on any atom is -0.497 e. The number of imide groups is 1. The second-order valence-corrected chi connectivity index (χ2v) is 5.38. The molecule has 3 amide bonds. The Labute approximate surface area is 151 Å². The molecular weight excluding hydrogens is 336 g/mol. The zero-order chi connectivity index (χ0) is 18.9. The van der Waals surface area contributed by atoms with E-state index in [-0.39, 0.29) is 6.42 Å². The Kier molecular flexibility index (Phi) is 6.73. The van der Waals surface area contributed by atoms with Gasteiger partial charge in [-0.15, -0.1) is 0 Å². The van der Waals surface area contributed by atoms with E-state index >= 15 is 0 Å². The van der Waals surface area contributed by atoms with Gasteiger partial charge in [-0.3, -0.25) is 14.9 Å². The Balaban J connectivity index is 2.13. The molecule has 0 aliphatic carbocycles. The summed E-state index contributed by atoms with van der Waals surface area (Å²) in [5, 5.41) is 4.41. The van der Waals surface area contributed by atoms with Crippen molar-refractivity contribution < 1.29 is 23.9 Å². The van der Waals surface area contributed by atoms with Crippen molar-refractivity contribution in [3.63, 3.8) is 0 Å². The fourth-order valence-electron chi connectivity index (χ4n) is 2.26. The molecule has 0 radical (unpaired) electrons. The van der Waals surface area contributed by atoms with E-state index in [4.69, 9.17) is 9.47 Å². The minimum absolute atomic E-state index is 0.0339. The lowest BCUT2D eigenvalue weighted by Crippen LogP contribution is -2.41. The second-order valence-electron chi connectivity index (χ2n) is 5.38. The molecule has 2 aromatic carbocycles. The topological polar surface area (TPSA) is 93.7 Å². The van der Waals surface area contributed by atoms with Crippen LogP contribution < -0.4 is 15.4 Å². The summed E-state index contributed by atoms with van der Waals surface area (Å²) in [5.41, 5.74) is 1.15. The molecule has 0 aliphatic heterocycles. The van der Waals surface area contributed by atoms with E-state index < -0.39 is 24.0 Å². The predicted octanol–water partition coefficient (Wildman–Crippen LogP) is 1.98. The van der Waals surface area contributed by atoms with Crippen LogP contribution in [0.25, 0.3) is 0 Å². The van der Waals surface area contributed by atoms with Crippen LogP contribution in [0.1, 0.15) is 17.2 Å². The number of carbonyl (C=O) groups excluding carboxylic acids is 3. The molecule has 1 atom stereocenters. The predicted molar refractivity (Wildman–Crippen MR) is 94.6 cm³/mol. The first-order valence-electron chi connectivity index (χ1n) is 7.93. The zero-order valence-electron chi connectivity index (χ0n) is 14.5. The molecular formula is C19H20N2O5. The summed E-state index contributed by atoms with van der Waals surface area (Å²) in [4.78, 5) is 36.1. The van der Waals surface area contributed by atoms with Gasteiger partial charge in [0.25, 0.3) is 5.91 Å². The largest absolute Gasteiger partial charge is 0.497 e. The third-order valence-electron chi connectivity index (χ3n) is 3.54. The maximum absolute atomic E-state index is 12.3. The summed E-state index contributed by atoms with van der Waals surface area (Å²) < 4.78 is 10.5. The van der Waals surface area contributed by atoms with E-state index in [0.717, 1.165) is 0 Å². The number of nitrogens with one attached hydrogen (secondary N) is 2. The van der Waals surface area contributed by atoms with Gasteiger partial charge in [0.15, 0.2) is 0 Å². The highest BCUT2D eigenvalue weighted by Gasteiger charge is 2.26. The van der Waals surface area contributed by atoms with Crippen LogP contribution in [0.4, 0.5) is 4.79 Å². The van der Waals surface area contributed by atoms with Crippen LogP contribution in [0.15, 0.2) is 54.6 Å². The van der Waals surface area contributed by atoms with Gasteiger partial charge in [0.2, 0.25) is 6.10 Å². The van der Waals surface area contributed by atoms with Crippen LogP contribution in [0.3, 0.4) is 0 Å². The molecule has 7 nitrogen and oxygen atoms in total. The Bertz CT molecular complexity index is 777. The van der Waals surface area contributed by atoms with Crippen molar-refractivity contribution in [2.75, 3.05) is 14.2 Å². The van der Waals surface area contributed by atoms with E-state index in [0.29, 0.717) is 16.9 Å². The van der Waals surface area contributed by atoms with Gasteiger partial charge in [-0.1, -0.05) is 42.5 Å². The van der Waals surface area contributed by atoms with Gasteiger partial charge >= 0.3 is 12.0 Å². The molecule has 2 rings (SSSR count). The molecule has 7 heteroatoms. The van der Waals surface area contributed by atoms with Gasteiger partial charge < -0.3 is 14.8 Å². The number of ether oxygens (including phenoxy) is 2. The van der Waals surface area contributed by atoms with Crippen LogP contribution in [0.2, 0.25) is 0 Å². The van der Waals surface area contributed by atoms with Gasteiger partial charge in [0, 0.05) is 12.6 Å². The van der Waals surface area contributed by atoms with E-state index in [9.17, 15) is 14.4 Å². The highest BCUT2D eigenvalue weighted by atomic mass is 16.5. The molecule has 136 valence electrons. The number of carbonyl (C=O) groups is 3. The maximum atomic E-state index is 12.3. The van der Waals surface area contributed by atoms with Crippen LogP contribution in [0, 0.1) is 0 Å². The molecule has 26 heavy (non-hydrogen) atoms. The lowest BCUT2D eigenvalue weighted by molar-refractivity contribution is -0.155. The monoisotopic (exact) mass is 356 g/mol. The van der Waals surface area contributed by atoms with E-state index in [1.165, 1.54) is 14.2 Å². The summed E-state index contributed by atoms with van der Waals surface area (Å²) in [5.74, 6) is -0.707. The summed E-state index contributed by atoms with van der Waals surface area (Å²) in [7, 11) is 2.92. The summed E-state index contributed by atoms with van der Waals surface area (Å²) in [6.07, 6.45) is -1.26. The normalized spacial score (nSPS) is 11.2. The Morgan fingerprint density at radius 1 is 1.04 bits per heavy atom. The molecule has 0 saturated carbocycles. The zero-order valence-corrected chi connectivity index (χ0v) is 14.5. The number of methoxy groups -OCH3 is 1. The Morgan fingerprint density at radius 3 is 2.42 bits per heavy atom. The van der Waals surface area contributed by atoms with Crippen molar-refractivity contribution in [2.24, 2.45) is 0 Å². The van der Waals surface area contributed by atoms with Gasteiger partial charge in [0.05, 0.1) is 13.5 Å². The number of hydrogen-bond acceptors (Lipinski definition) is 5. The molecule has 0 spiro atoms.